The van der Waals surface area contributed by atoms with Crippen LogP contribution in [0.5, 0.6) is 0 Å². The van der Waals surface area contributed by atoms with Gasteiger partial charge < -0.3 is 14.4 Å². The Bertz CT molecular complexity index is 1100. The molecule has 1 amide bonds. The van der Waals surface area contributed by atoms with E-state index in [1.165, 1.54) is 0 Å². The van der Waals surface area contributed by atoms with Gasteiger partial charge in [0.1, 0.15) is 18.9 Å². The summed E-state index contributed by atoms with van der Waals surface area (Å²) in [5.74, 6) is -1.67. The number of anilines is 1. The summed E-state index contributed by atoms with van der Waals surface area (Å²) >= 11 is 0. The Hall–Kier alpha value is -3.68. The maximum Gasteiger partial charge on any atom is 0.330 e. The monoisotopic (exact) mass is 461 g/mol. The highest BCUT2D eigenvalue weighted by Crippen LogP contribution is 2.45. The Labute approximate surface area is 197 Å². The van der Waals surface area contributed by atoms with Crippen LogP contribution in [0.4, 0.5) is 5.69 Å². The third kappa shape index (κ3) is 3.83. The molecule has 8 heteroatoms. The smallest absolute Gasteiger partial charge is 0.330 e. The highest BCUT2D eigenvalue weighted by atomic mass is 16.6. The van der Waals surface area contributed by atoms with Crippen molar-refractivity contribution >= 4 is 29.2 Å². The summed E-state index contributed by atoms with van der Waals surface area (Å²) in [6.07, 6.45) is 4.59. The molecule has 3 aliphatic rings. The lowest BCUT2D eigenvalue weighted by Gasteiger charge is -2.34. The summed E-state index contributed by atoms with van der Waals surface area (Å²) in [5, 5.41) is 4.39. The summed E-state index contributed by atoms with van der Waals surface area (Å²) in [6, 6.07) is 17.2. The summed E-state index contributed by atoms with van der Waals surface area (Å²) in [6.45, 7) is -0.242. The van der Waals surface area contributed by atoms with Gasteiger partial charge in [-0.1, -0.05) is 67.8 Å². The van der Waals surface area contributed by atoms with Crippen LogP contribution in [0.3, 0.4) is 0 Å². The fourth-order valence-electron chi connectivity index (χ4n) is 5.16. The van der Waals surface area contributed by atoms with E-state index in [9.17, 15) is 14.4 Å². The zero-order chi connectivity index (χ0) is 23.5. The molecular weight excluding hydrogens is 434 g/mol. The van der Waals surface area contributed by atoms with Crippen molar-refractivity contribution < 1.29 is 23.9 Å². The minimum atomic E-state index is -1.61. The predicted octanol–water partition coefficient (Wildman–Crippen LogP) is 3.28. The minimum absolute atomic E-state index is 0.0271. The molecule has 2 heterocycles. The first-order valence-corrected chi connectivity index (χ1v) is 11.7. The molecule has 2 saturated heterocycles. The third-order valence-electron chi connectivity index (χ3n) is 6.89. The van der Waals surface area contributed by atoms with Crippen LogP contribution in [0.1, 0.15) is 37.7 Å². The average molecular weight is 462 g/mol. The van der Waals surface area contributed by atoms with E-state index < -0.39 is 29.3 Å². The molecule has 0 unspecified atom stereocenters. The van der Waals surface area contributed by atoms with Crippen molar-refractivity contribution in [2.24, 2.45) is 10.5 Å². The summed E-state index contributed by atoms with van der Waals surface area (Å²) in [5.41, 5.74) is 2.72. The largest absolute Gasteiger partial charge is 0.462 e. The number of hydrogen-bond acceptors (Lipinski definition) is 7. The van der Waals surface area contributed by atoms with E-state index in [1.54, 1.807) is 17.0 Å². The number of hydrazone groups is 1. The minimum Gasteiger partial charge on any atom is -0.462 e. The second-order valence-electron chi connectivity index (χ2n) is 8.99. The van der Waals surface area contributed by atoms with Crippen LogP contribution in [-0.4, -0.2) is 47.1 Å². The number of fused-ring (bicyclic) bond motifs is 1. The second-order valence-corrected chi connectivity index (χ2v) is 8.99. The Morgan fingerprint density at radius 2 is 1.71 bits per heavy atom. The third-order valence-corrected chi connectivity index (χ3v) is 6.89. The van der Waals surface area contributed by atoms with Crippen LogP contribution >= 0.6 is 0 Å². The van der Waals surface area contributed by atoms with Crippen molar-refractivity contribution in [1.82, 2.24) is 4.90 Å². The normalized spacial score (nSPS) is 25.8. The Kier molecular flexibility index (Phi) is 6.04. The van der Waals surface area contributed by atoms with E-state index in [2.05, 4.69) is 10.5 Å². The van der Waals surface area contributed by atoms with Gasteiger partial charge in [-0.25, -0.2) is 4.79 Å². The van der Waals surface area contributed by atoms with Gasteiger partial charge in [0.15, 0.2) is 11.5 Å². The second kappa shape index (κ2) is 9.29. The van der Waals surface area contributed by atoms with Gasteiger partial charge in [0, 0.05) is 6.04 Å². The van der Waals surface area contributed by atoms with E-state index >= 15 is 0 Å². The molecule has 1 aliphatic carbocycles. The summed E-state index contributed by atoms with van der Waals surface area (Å²) < 4.78 is 11.1. The molecule has 176 valence electrons. The van der Waals surface area contributed by atoms with E-state index in [0.717, 1.165) is 37.7 Å². The van der Waals surface area contributed by atoms with Crippen molar-refractivity contribution in [2.75, 3.05) is 12.0 Å². The summed E-state index contributed by atoms with van der Waals surface area (Å²) in [7, 11) is 0. The SMILES string of the molecule is O=C1OC[C@]2(C(=O)OCc3ccccc3)/C(=N\Nc3ccccc3)C(=O)N(C3CCCCC3)[C@@H]12. The lowest BCUT2D eigenvalue weighted by atomic mass is 9.80. The zero-order valence-corrected chi connectivity index (χ0v) is 18.8. The zero-order valence-electron chi connectivity index (χ0n) is 18.8. The first-order valence-electron chi connectivity index (χ1n) is 11.7. The van der Waals surface area contributed by atoms with Gasteiger partial charge in [-0.05, 0) is 30.5 Å². The molecule has 34 heavy (non-hydrogen) atoms. The average Bonchev–Trinajstić information content (AvgIpc) is 3.35. The Balaban J connectivity index is 1.51. The number of hydrogen-bond donors (Lipinski definition) is 1. The van der Waals surface area contributed by atoms with E-state index in [-0.39, 0.29) is 25.0 Å². The molecule has 2 atom stereocenters. The van der Waals surface area contributed by atoms with Crippen LogP contribution in [0.25, 0.3) is 0 Å². The van der Waals surface area contributed by atoms with Gasteiger partial charge in [-0.2, -0.15) is 5.10 Å². The fraction of sp³-hybridized carbons (Fsp3) is 0.385. The van der Waals surface area contributed by atoms with E-state index in [1.807, 2.05) is 48.5 Å². The van der Waals surface area contributed by atoms with Crippen LogP contribution in [0, 0.1) is 5.41 Å². The van der Waals surface area contributed by atoms with Gasteiger partial charge in [-0.3, -0.25) is 15.0 Å². The molecule has 2 aromatic rings. The van der Waals surface area contributed by atoms with Crippen molar-refractivity contribution in [3.05, 3.63) is 66.2 Å². The standard InChI is InChI=1S/C26H27N3O5/c30-23-21(28-27-19-12-6-2-7-13-19)26(25(32)33-16-18-10-4-1-5-11-18)17-34-24(31)22(26)29(23)20-14-8-3-9-15-20/h1-2,4-7,10-13,20,22,27H,3,8-9,14-17H2/b28-21-/t22-,26-/m0/s1. The first-order chi connectivity index (χ1) is 16.6. The number of ether oxygens (including phenoxy) is 2. The molecule has 2 aromatic carbocycles. The first kappa shape index (κ1) is 22.1. The number of carbonyl (C=O) groups excluding carboxylic acids is 3. The predicted molar refractivity (Wildman–Crippen MR) is 125 cm³/mol. The fourth-order valence-corrected chi connectivity index (χ4v) is 5.16. The van der Waals surface area contributed by atoms with Crippen molar-refractivity contribution in [1.29, 1.82) is 0 Å². The molecule has 0 spiro atoms. The highest BCUT2D eigenvalue weighted by Gasteiger charge is 2.71. The summed E-state index contributed by atoms with van der Waals surface area (Å²) in [4.78, 5) is 41.8. The quantitative estimate of drug-likeness (QED) is 0.524. The van der Waals surface area contributed by atoms with Crippen LogP contribution in [-0.2, 0) is 30.5 Å². The van der Waals surface area contributed by atoms with Crippen molar-refractivity contribution in [3.63, 3.8) is 0 Å². The molecular formula is C26H27N3O5. The van der Waals surface area contributed by atoms with E-state index in [0.29, 0.717) is 5.69 Å². The maximum atomic E-state index is 13.7. The van der Waals surface area contributed by atoms with Gasteiger partial charge in [0.25, 0.3) is 5.91 Å². The van der Waals surface area contributed by atoms with Gasteiger partial charge in [0.05, 0.1) is 5.69 Å². The topological polar surface area (TPSA) is 97.3 Å². The number of likely N-dealkylation sites (tertiary alicyclic amines) is 1. The number of para-hydroxylation sites is 1. The van der Waals surface area contributed by atoms with Crippen LogP contribution in [0.15, 0.2) is 65.8 Å². The lowest BCUT2D eigenvalue weighted by Crippen LogP contribution is -2.51. The molecule has 0 radical (unpaired) electrons. The maximum absolute atomic E-state index is 13.7. The van der Waals surface area contributed by atoms with Crippen LogP contribution < -0.4 is 5.43 Å². The highest BCUT2D eigenvalue weighted by molar-refractivity contribution is 6.48. The Morgan fingerprint density at radius 3 is 2.41 bits per heavy atom. The number of nitrogens with zero attached hydrogens (tertiary/aromatic N) is 2. The van der Waals surface area contributed by atoms with Gasteiger partial charge >= 0.3 is 11.9 Å². The molecule has 5 rings (SSSR count). The number of benzene rings is 2. The van der Waals surface area contributed by atoms with E-state index in [4.69, 9.17) is 9.47 Å². The van der Waals surface area contributed by atoms with Gasteiger partial charge in [-0.15, -0.1) is 0 Å². The molecule has 0 bridgehead atoms. The number of cyclic esters (lactones) is 1. The number of amides is 1. The number of rotatable bonds is 6. The number of carbonyl (C=O) groups is 3. The number of nitrogens with one attached hydrogen (secondary N) is 1. The van der Waals surface area contributed by atoms with Crippen molar-refractivity contribution in [3.8, 4) is 0 Å². The Morgan fingerprint density at radius 1 is 1.03 bits per heavy atom. The van der Waals surface area contributed by atoms with Gasteiger partial charge in [0.2, 0.25) is 0 Å². The molecule has 3 fully saturated rings. The van der Waals surface area contributed by atoms with Crippen molar-refractivity contribution in [2.45, 2.75) is 50.8 Å². The lowest BCUT2D eigenvalue weighted by molar-refractivity contribution is -0.155. The van der Waals surface area contributed by atoms with Crippen LogP contribution in [0.2, 0.25) is 0 Å². The molecule has 2 aliphatic heterocycles. The molecule has 1 saturated carbocycles. The molecule has 8 nitrogen and oxygen atoms in total. The number of esters is 2. The molecule has 1 N–H and O–H groups in total. The molecule has 0 aromatic heterocycles.